The highest BCUT2D eigenvalue weighted by molar-refractivity contribution is 6.99. The summed E-state index contributed by atoms with van der Waals surface area (Å²) >= 11 is 0. The minimum atomic E-state index is -2.61. The zero-order chi connectivity index (χ0) is 19.7. The molecule has 1 fully saturated rings. The first-order valence-corrected chi connectivity index (χ1v) is 11.8. The van der Waals surface area contributed by atoms with Crippen molar-refractivity contribution < 1.29 is 9.53 Å². The molecule has 0 saturated heterocycles. The largest absolute Gasteiger partial charge is 0.401 e. The van der Waals surface area contributed by atoms with Gasteiger partial charge in [0, 0.05) is 0 Å². The van der Waals surface area contributed by atoms with E-state index < -0.39 is 14.4 Å². The summed E-state index contributed by atoms with van der Waals surface area (Å²) in [6.07, 6.45) is 1.10. The van der Waals surface area contributed by atoms with Gasteiger partial charge in [-0.25, -0.2) is 0 Å². The maximum absolute atomic E-state index is 10.5. The zero-order valence-electron chi connectivity index (χ0n) is 17.0. The second-order valence-electron chi connectivity index (χ2n) is 8.94. The summed E-state index contributed by atoms with van der Waals surface area (Å²) in [4.78, 5) is 0. The van der Waals surface area contributed by atoms with E-state index >= 15 is 0 Å². The maximum atomic E-state index is 10.5. The molecule has 0 bridgehead atoms. The van der Waals surface area contributed by atoms with Gasteiger partial charge in [-0.1, -0.05) is 94.9 Å². The molecular formula is C24H32O2Si. The Bertz CT molecular complexity index is 724. The van der Waals surface area contributed by atoms with Crippen molar-refractivity contribution in [1.29, 1.82) is 0 Å². The number of benzene rings is 2. The Morgan fingerprint density at radius 2 is 1.41 bits per heavy atom. The molecule has 0 unspecified atom stereocenters. The molecule has 1 aliphatic carbocycles. The Balaban J connectivity index is 2.16. The van der Waals surface area contributed by atoms with Gasteiger partial charge in [0.1, 0.15) is 0 Å². The van der Waals surface area contributed by atoms with Crippen molar-refractivity contribution in [3.8, 4) is 0 Å². The summed E-state index contributed by atoms with van der Waals surface area (Å²) in [6, 6.07) is 21.3. The quantitative estimate of drug-likeness (QED) is 0.634. The van der Waals surface area contributed by atoms with E-state index in [-0.39, 0.29) is 11.1 Å². The van der Waals surface area contributed by atoms with E-state index in [0.717, 1.165) is 18.4 Å². The first kappa shape index (κ1) is 20.1. The predicted octanol–water partition coefficient (Wildman–Crippen LogP) is 4.28. The molecule has 2 aromatic rings. The van der Waals surface area contributed by atoms with Crippen molar-refractivity contribution >= 4 is 18.7 Å². The van der Waals surface area contributed by atoms with E-state index in [4.69, 9.17) is 4.43 Å². The third kappa shape index (κ3) is 3.82. The third-order valence-corrected chi connectivity index (χ3v) is 10.9. The van der Waals surface area contributed by atoms with Crippen LogP contribution in [0.5, 0.6) is 0 Å². The smallest absolute Gasteiger partial charge is 0.261 e. The van der Waals surface area contributed by atoms with Crippen molar-refractivity contribution in [2.45, 2.75) is 57.8 Å². The van der Waals surface area contributed by atoms with Gasteiger partial charge in [0.15, 0.2) is 0 Å². The van der Waals surface area contributed by atoms with Crippen LogP contribution in [0, 0.1) is 5.92 Å². The van der Waals surface area contributed by atoms with Crippen LogP contribution >= 0.6 is 0 Å². The highest BCUT2D eigenvalue weighted by Crippen LogP contribution is 2.40. The van der Waals surface area contributed by atoms with Crippen LogP contribution in [0.25, 0.3) is 0 Å². The lowest BCUT2D eigenvalue weighted by Crippen LogP contribution is -2.68. The molecule has 2 nitrogen and oxygen atoms in total. The Labute approximate surface area is 165 Å². The van der Waals surface area contributed by atoms with E-state index in [1.807, 2.05) is 0 Å². The molecule has 0 radical (unpaired) electrons. The second kappa shape index (κ2) is 7.74. The number of rotatable bonds is 4. The molecule has 3 heteroatoms. The van der Waals surface area contributed by atoms with Gasteiger partial charge in [-0.15, -0.1) is 0 Å². The SMILES string of the molecule is C=C1[C@H](O)C[C@@H](C)C[C@H]1O[Si](c1ccccc1)(c1ccccc1)C(C)(C)C. The molecule has 0 heterocycles. The van der Waals surface area contributed by atoms with Gasteiger partial charge < -0.3 is 9.53 Å². The molecule has 144 valence electrons. The van der Waals surface area contributed by atoms with Crippen LogP contribution in [0.2, 0.25) is 5.04 Å². The maximum Gasteiger partial charge on any atom is 0.261 e. The highest BCUT2D eigenvalue weighted by atomic mass is 28.4. The van der Waals surface area contributed by atoms with Crippen LogP contribution in [-0.2, 0) is 4.43 Å². The lowest BCUT2D eigenvalue weighted by atomic mass is 9.84. The van der Waals surface area contributed by atoms with Gasteiger partial charge in [0.05, 0.1) is 12.2 Å². The molecule has 0 aromatic heterocycles. The summed E-state index contributed by atoms with van der Waals surface area (Å²) in [7, 11) is -2.61. The van der Waals surface area contributed by atoms with Crippen LogP contribution in [0.1, 0.15) is 40.5 Å². The van der Waals surface area contributed by atoms with Gasteiger partial charge in [-0.05, 0) is 39.7 Å². The Hall–Kier alpha value is -1.68. The molecule has 0 aliphatic heterocycles. The number of aliphatic hydroxyl groups is 1. The predicted molar refractivity (Wildman–Crippen MR) is 116 cm³/mol. The van der Waals surface area contributed by atoms with Crippen LogP contribution < -0.4 is 10.4 Å². The van der Waals surface area contributed by atoms with E-state index in [0.29, 0.717) is 5.92 Å². The summed E-state index contributed by atoms with van der Waals surface area (Å²) in [5.41, 5.74) is 0.834. The molecule has 1 saturated carbocycles. The molecule has 0 spiro atoms. The topological polar surface area (TPSA) is 29.5 Å². The van der Waals surface area contributed by atoms with Crippen LogP contribution in [0.3, 0.4) is 0 Å². The first-order chi connectivity index (χ1) is 12.8. The normalized spacial score (nSPS) is 24.0. The Morgan fingerprint density at radius 3 is 1.85 bits per heavy atom. The monoisotopic (exact) mass is 380 g/mol. The fourth-order valence-corrected chi connectivity index (χ4v) is 9.08. The van der Waals surface area contributed by atoms with E-state index in [1.54, 1.807) is 0 Å². The van der Waals surface area contributed by atoms with Gasteiger partial charge in [-0.3, -0.25) is 0 Å². The number of hydrogen-bond acceptors (Lipinski definition) is 2. The molecule has 3 atom stereocenters. The lowest BCUT2D eigenvalue weighted by molar-refractivity contribution is 0.0832. The van der Waals surface area contributed by atoms with Crippen molar-refractivity contribution in [3.63, 3.8) is 0 Å². The van der Waals surface area contributed by atoms with Crippen molar-refractivity contribution in [2.75, 3.05) is 0 Å². The third-order valence-electron chi connectivity index (χ3n) is 5.82. The standard InChI is InChI=1S/C24H32O2Si/c1-18-16-22(25)19(2)23(17-18)26-27(24(3,4)5,20-12-8-6-9-13-20)21-14-10-7-11-15-21/h6-15,18,22-23,25H,2,16-17H2,1,3-5H3/t18-,22-,23-/m1/s1. The van der Waals surface area contributed by atoms with Crippen molar-refractivity contribution in [2.24, 2.45) is 5.92 Å². The second-order valence-corrected chi connectivity index (χ2v) is 13.2. The summed E-state index contributed by atoms with van der Waals surface area (Å²) in [5, 5.41) is 13.0. The van der Waals surface area contributed by atoms with Gasteiger partial charge in [0.2, 0.25) is 0 Å². The Morgan fingerprint density at radius 1 is 0.926 bits per heavy atom. The summed E-state index contributed by atoms with van der Waals surface area (Å²) in [5.74, 6) is 0.425. The summed E-state index contributed by atoms with van der Waals surface area (Å²) < 4.78 is 7.15. The molecular weight excluding hydrogens is 348 g/mol. The van der Waals surface area contributed by atoms with E-state index in [2.05, 4.69) is 94.9 Å². The van der Waals surface area contributed by atoms with Crippen LogP contribution in [-0.4, -0.2) is 25.6 Å². The van der Waals surface area contributed by atoms with Gasteiger partial charge in [-0.2, -0.15) is 0 Å². The van der Waals surface area contributed by atoms with Gasteiger partial charge in [0.25, 0.3) is 8.32 Å². The molecule has 27 heavy (non-hydrogen) atoms. The van der Waals surface area contributed by atoms with Crippen molar-refractivity contribution in [1.82, 2.24) is 0 Å². The van der Waals surface area contributed by atoms with E-state index in [9.17, 15) is 5.11 Å². The average Bonchev–Trinajstić information content (AvgIpc) is 2.64. The fourth-order valence-electron chi connectivity index (χ4n) is 4.39. The zero-order valence-corrected chi connectivity index (χ0v) is 18.0. The fraction of sp³-hybridized carbons (Fsp3) is 0.417. The summed E-state index contributed by atoms with van der Waals surface area (Å²) in [6.45, 7) is 13.3. The average molecular weight is 381 g/mol. The highest BCUT2D eigenvalue weighted by Gasteiger charge is 2.52. The number of aliphatic hydroxyl groups excluding tert-OH is 1. The van der Waals surface area contributed by atoms with Crippen molar-refractivity contribution in [3.05, 3.63) is 72.8 Å². The molecule has 1 aliphatic rings. The molecule has 1 N–H and O–H groups in total. The van der Waals surface area contributed by atoms with Crippen LogP contribution in [0.4, 0.5) is 0 Å². The molecule has 0 amide bonds. The van der Waals surface area contributed by atoms with E-state index in [1.165, 1.54) is 10.4 Å². The molecule has 3 rings (SSSR count). The minimum absolute atomic E-state index is 0.0678. The van der Waals surface area contributed by atoms with Crippen LogP contribution in [0.15, 0.2) is 72.8 Å². The first-order valence-electron chi connectivity index (χ1n) is 9.91. The number of hydrogen-bond donors (Lipinski definition) is 1. The van der Waals surface area contributed by atoms with Gasteiger partial charge >= 0.3 is 0 Å². The lowest BCUT2D eigenvalue weighted by Gasteiger charge is -2.47. The minimum Gasteiger partial charge on any atom is -0.401 e. The molecule has 2 aromatic carbocycles. The Kier molecular flexibility index (Phi) is 5.75.